The number of hydrogen-bond acceptors (Lipinski definition) is 2. The van der Waals surface area contributed by atoms with Gasteiger partial charge in [0.25, 0.3) is 0 Å². The molecule has 2 nitrogen and oxygen atoms in total. The molecule has 174 valence electrons. The molecule has 0 spiro atoms. The van der Waals surface area contributed by atoms with Gasteiger partial charge in [-0.15, -0.1) is 0 Å². The van der Waals surface area contributed by atoms with Crippen LogP contribution in [0.15, 0.2) is 84.9 Å². The molecule has 0 radical (unpaired) electrons. The first-order valence-corrected chi connectivity index (χ1v) is 12.0. The Morgan fingerprint density at radius 1 is 0.412 bits per heavy atom. The molecule has 0 saturated heterocycles. The highest BCUT2D eigenvalue weighted by Gasteiger charge is 2.23. The maximum atomic E-state index is 6.34. The summed E-state index contributed by atoms with van der Waals surface area (Å²) in [6.07, 6.45) is 0. The first kappa shape index (κ1) is 23.6. The van der Waals surface area contributed by atoms with Crippen LogP contribution in [0.3, 0.4) is 0 Å². The van der Waals surface area contributed by atoms with E-state index in [1.54, 1.807) is 0 Å². The van der Waals surface area contributed by atoms with Crippen molar-refractivity contribution in [3.63, 3.8) is 0 Å². The highest BCUT2D eigenvalue weighted by Crippen LogP contribution is 2.44. The molecule has 0 fully saturated rings. The van der Waals surface area contributed by atoms with Gasteiger partial charge in [0.15, 0.2) is 0 Å². The summed E-state index contributed by atoms with van der Waals surface area (Å²) in [5, 5.41) is 0. The fourth-order valence-electron chi connectivity index (χ4n) is 4.78. The highest BCUT2D eigenvalue weighted by atomic mass is 14.5. The van der Waals surface area contributed by atoms with Gasteiger partial charge in [-0.2, -0.15) is 0 Å². The molecule has 2 heteroatoms. The highest BCUT2D eigenvalue weighted by molar-refractivity contribution is 5.95. The average molecular weight is 449 g/mol. The van der Waals surface area contributed by atoms with Gasteiger partial charge in [-0.3, -0.25) is 0 Å². The summed E-state index contributed by atoms with van der Waals surface area (Å²) >= 11 is 0. The topological polar surface area (TPSA) is 52.0 Å². The third kappa shape index (κ3) is 4.59. The number of benzene rings is 4. The zero-order valence-electron chi connectivity index (χ0n) is 21.2. The zero-order chi connectivity index (χ0) is 24.7. The van der Waals surface area contributed by atoms with E-state index in [1.165, 1.54) is 22.3 Å². The SMILES string of the molecule is CC(C)(C)c1ccccc1-c1cc(N)ccc1-c1ccc(N)cc1-c1ccccc1C(C)(C)C. The van der Waals surface area contributed by atoms with Crippen molar-refractivity contribution in [2.24, 2.45) is 0 Å². The summed E-state index contributed by atoms with van der Waals surface area (Å²) in [7, 11) is 0. The van der Waals surface area contributed by atoms with E-state index in [4.69, 9.17) is 11.5 Å². The molecule has 0 bridgehead atoms. The molecule has 0 heterocycles. The van der Waals surface area contributed by atoms with Crippen LogP contribution in [-0.2, 0) is 10.8 Å². The number of anilines is 2. The molecule has 0 aromatic heterocycles. The largest absolute Gasteiger partial charge is 0.399 e. The molecular formula is C32H36N2. The second-order valence-corrected chi connectivity index (χ2v) is 11.2. The van der Waals surface area contributed by atoms with Gasteiger partial charge in [0, 0.05) is 11.4 Å². The zero-order valence-corrected chi connectivity index (χ0v) is 21.2. The van der Waals surface area contributed by atoms with E-state index in [-0.39, 0.29) is 10.8 Å². The van der Waals surface area contributed by atoms with E-state index in [2.05, 4.69) is 114 Å². The van der Waals surface area contributed by atoms with Crippen molar-refractivity contribution in [2.45, 2.75) is 52.4 Å². The van der Waals surface area contributed by atoms with Crippen LogP contribution in [0.2, 0.25) is 0 Å². The Balaban J connectivity index is 2.05. The lowest BCUT2D eigenvalue weighted by Gasteiger charge is -2.26. The smallest absolute Gasteiger partial charge is 0.0320 e. The molecular weight excluding hydrogens is 412 g/mol. The molecule has 34 heavy (non-hydrogen) atoms. The molecule has 4 aromatic carbocycles. The van der Waals surface area contributed by atoms with Gasteiger partial charge in [0.2, 0.25) is 0 Å². The molecule has 4 N–H and O–H groups in total. The maximum Gasteiger partial charge on any atom is 0.0320 e. The van der Waals surface area contributed by atoms with Crippen LogP contribution < -0.4 is 11.5 Å². The normalized spacial score (nSPS) is 12.1. The number of nitrogens with two attached hydrogens (primary N) is 2. The number of nitrogen functional groups attached to an aromatic ring is 2. The van der Waals surface area contributed by atoms with E-state index in [0.29, 0.717) is 0 Å². The molecule has 0 aliphatic carbocycles. The van der Waals surface area contributed by atoms with E-state index < -0.39 is 0 Å². The fourth-order valence-corrected chi connectivity index (χ4v) is 4.78. The summed E-state index contributed by atoms with van der Waals surface area (Å²) in [6, 6.07) is 29.8. The predicted molar refractivity (Wildman–Crippen MR) is 149 cm³/mol. The van der Waals surface area contributed by atoms with Crippen molar-refractivity contribution in [1.82, 2.24) is 0 Å². The Morgan fingerprint density at radius 3 is 1.12 bits per heavy atom. The van der Waals surface area contributed by atoms with Crippen LogP contribution in [0.4, 0.5) is 11.4 Å². The van der Waals surface area contributed by atoms with Gasteiger partial charge >= 0.3 is 0 Å². The third-order valence-electron chi connectivity index (χ3n) is 6.43. The minimum atomic E-state index is 0.00124. The monoisotopic (exact) mass is 448 g/mol. The van der Waals surface area contributed by atoms with Crippen molar-refractivity contribution in [3.05, 3.63) is 96.1 Å². The molecule has 0 aliphatic rings. The second-order valence-electron chi connectivity index (χ2n) is 11.2. The molecule has 4 rings (SSSR count). The van der Waals surface area contributed by atoms with Gasteiger partial charge in [-0.25, -0.2) is 0 Å². The average Bonchev–Trinajstić information content (AvgIpc) is 2.78. The third-order valence-corrected chi connectivity index (χ3v) is 6.43. The van der Waals surface area contributed by atoms with Gasteiger partial charge in [0.05, 0.1) is 0 Å². The van der Waals surface area contributed by atoms with Crippen LogP contribution in [-0.4, -0.2) is 0 Å². The summed E-state index contributed by atoms with van der Waals surface area (Å²) in [5.74, 6) is 0. The number of hydrogen-bond donors (Lipinski definition) is 2. The molecule has 0 unspecified atom stereocenters. The molecule has 0 aliphatic heterocycles. The second kappa shape index (κ2) is 8.68. The van der Waals surface area contributed by atoms with Crippen LogP contribution in [0.5, 0.6) is 0 Å². The van der Waals surface area contributed by atoms with Gasteiger partial charge in [-0.05, 0) is 79.6 Å². The van der Waals surface area contributed by atoms with Crippen molar-refractivity contribution < 1.29 is 0 Å². The van der Waals surface area contributed by atoms with Gasteiger partial charge in [0.1, 0.15) is 0 Å². The Bertz CT molecular complexity index is 1230. The Kier molecular flexibility index (Phi) is 6.03. The molecule has 0 atom stereocenters. The van der Waals surface area contributed by atoms with Crippen LogP contribution >= 0.6 is 0 Å². The minimum absolute atomic E-state index is 0.00124. The van der Waals surface area contributed by atoms with Crippen LogP contribution in [0, 0.1) is 0 Å². The van der Waals surface area contributed by atoms with Crippen molar-refractivity contribution in [2.75, 3.05) is 11.5 Å². The Hall–Kier alpha value is -3.52. The molecule has 0 saturated carbocycles. The standard InChI is InChI=1S/C32H36N2/c1-31(2,3)29-13-9-7-11-25(29)27-19-21(33)15-17-23(27)24-18-16-22(34)20-28(24)26-12-8-10-14-30(26)32(4,5)6/h7-20H,33-34H2,1-6H3. The van der Waals surface area contributed by atoms with Gasteiger partial charge in [-0.1, -0.05) is 102 Å². The Morgan fingerprint density at radius 2 is 0.765 bits per heavy atom. The minimum Gasteiger partial charge on any atom is -0.399 e. The van der Waals surface area contributed by atoms with Crippen molar-refractivity contribution >= 4 is 11.4 Å². The summed E-state index contributed by atoms with van der Waals surface area (Å²) in [6.45, 7) is 13.5. The summed E-state index contributed by atoms with van der Waals surface area (Å²) < 4.78 is 0. The molecule has 0 amide bonds. The molecule has 4 aromatic rings. The van der Waals surface area contributed by atoms with Crippen LogP contribution in [0.1, 0.15) is 52.7 Å². The number of rotatable bonds is 3. The van der Waals surface area contributed by atoms with Crippen molar-refractivity contribution in [3.8, 4) is 33.4 Å². The lowest BCUT2D eigenvalue weighted by Crippen LogP contribution is -2.13. The first-order valence-electron chi connectivity index (χ1n) is 12.0. The maximum absolute atomic E-state index is 6.34. The van der Waals surface area contributed by atoms with E-state index in [0.717, 1.165) is 33.6 Å². The lowest BCUT2D eigenvalue weighted by molar-refractivity contribution is 0.591. The summed E-state index contributed by atoms with van der Waals surface area (Å²) in [4.78, 5) is 0. The Labute approximate surface area is 204 Å². The van der Waals surface area contributed by atoms with Crippen LogP contribution in [0.25, 0.3) is 33.4 Å². The predicted octanol–water partition coefficient (Wildman–Crippen LogP) is 8.45. The van der Waals surface area contributed by atoms with E-state index in [1.807, 2.05) is 12.1 Å². The van der Waals surface area contributed by atoms with E-state index >= 15 is 0 Å². The summed E-state index contributed by atoms with van der Waals surface area (Å²) in [5.41, 5.74) is 23.8. The van der Waals surface area contributed by atoms with E-state index in [9.17, 15) is 0 Å². The first-order chi connectivity index (χ1) is 16.0. The fraction of sp³-hybridized carbons (Fsp3) is 0.250. The van der Waals surface area contributed by atoms with Gasteiger partial charge < -0.3 is 11.5 Å². The quantitative estimate of drug-likeness (QED) is 0.309. The lowest BCUT2D eigenvalue weighted by atomic mass is 9.78. The van der Waals surface area contributed by atoms with Crippen molar-refractivity contribution in [1.29, 1.82) is 0 Å².